The summed E-state index contributed by atoms with van der Waals surface area (Å²) < 4.78 is 52.2. The van der Waals surface area contributed by atoms with Gasteiger partial charge in [0.25, 0.3) is 0 Å². The number of fused-ring (bicyclic) bond motifs is 2. The Morgan fingerprint density at radius 2 is 1.02 bits per heavy atom. The molecule has 358 valence electrons. The predicted octanol–water partition coefficient (Wildman–Crippen LogP) is 7.35. The smallest absolute Gasteiger partial charge is 0.408 e. The van der Waals surface area contributed by atoms with Gasteiger partial charge in [0.2, 0.25) is 11.8 Å². The average Bonchev–Trinajstić information content (AvgIpc) is 3.96. The molecule has 2 aliphatic rings. The standard InChI is InChI=1S/C48H62F2N6O10/c1-11-37(53-45(61)65-47(5,6)7)43(59)55-23-31(63-25(3)57)19-29(55)21-35-33-15-13-27(49)17-39(33)51-41(35)42-36(34-16-14-28(50)18-40(34)52-42)22-30-20-32(64-26(4)58)24-56(30)44(60)38(12-2)54-46(62)66-48(8,9)10/h13-18,29-32,37-38,51-52H,11-12,19-24H2,1-10H3,(H,53,61)(H,54,62). The van der Waals surface area contributed by atoms with Gasteiger partial charge in [-0.3, -0.25) is 19.2 Å². The third kappa shape index (κ3) is 11.8. The van der Waals surface area contributed by atoms with E-state index in [0.717, 1.165) is 0 Å². The molecule has 16 nitrogen and oxygen atoms in total. The van der Waals surface area contributed by atoms with Gasteiger partial charge in [-0.25, -0.2) is 18.4 Å². The number of hydrogen-bond acceptors (Lipinski definition) is 10. The molecular formula is C48H62F2N6O10. The molecule has 2 aromatic carbocycles. The number of aromatic nitrogens is 2. The normalized spacial score (nSPS) is 19.7. The van der Waals surface area contributed by atoms with Crippen molar-refractivity contribution in [3.8, 4) is 11.4 Å². The molecule has 2 aliphatic heterocycles. The average molecular weight is 921 g/mol. The Balaban J connectivity index is 1.43. The van der Waals surface area contributed by atoms with Crippen LogP contribution in [0.3, 0.4) is 0 Å². The van der Waals surface area contributed by atoms with Crippen LogP contribution >= 0.6 is 0 Å². The second-order valence-electron chi connectivity index (χ2n) is 19.2. The highest BCUT2D eigenvalue weighted by molar-refractivity contribution is 5.96. The molecule has 4 aromatic rings. The molecule has 0 saturated carbocycles. The van der Waals surface area contributed by atoms with E-state index in [4.69, 9.17) is 18.9 Å². The maximum atomic E-state index is 15.0. The number of alkyl carbamates (subject to hydrolysis) is 2. The van der Waals surface area contributed by atoms with Crippen LogP contribution in [-0.4, -0.2) is 116 Å². The van der Waals surface area contributed by atoms with E-state index < -0.39 is 95.2 Å². The molecule has 0 radical (unpaired) electrons. The van der Waals surface area contributed by atoms with E-state index >= 15 is 0 Å². The van der Waals surface area contributed by atoms with E-state index in [1.54, 1.807) is 77.3 Å². The van der Waals surface area contributed by atoms with Crippen LogP contribution in [0.1, 0.15) is 106 Å². The molecule has 4 heterocycles. The first-order chi connectivity index (χ1) is 30.9. The minimum atomic E-state index is -0.968. The number of halogens is 2. The Morgan fingerprint density at radius 1 is 0.652 bits per heavy atom. The van der Waals surface area contributed by atoms with Crippen LogP contribution in [0.25, 0.3) is 33.2 Å². The topological polar surface area (TPSA) is 201 Å². The van der Waals surface area contributed by atoms with E-state index in [2.05, 4.69) is 20.6 Å². The lowest BCUT2D eigenvalue weighted by atomic mass is 9.94. The first kappa shape index (κ1) is 49.2. The minimum Gasteiger partial charge on any atom is -0.461 e. The van der Waals surface area contributed by atoms with Gasteiger partial charge in [-0.1, -0.05) is 13.8 Å². The van der Waals surface area contributed by atoms with Gasteiger partial charge in [0, 0.05) is 60.6 Å². The first-order valence-electron chi connectivity index (χ1n) is 22.5. The summed E-state index contributed by atoms with van der Waals surface area (Å²) in [5, 5.41) is 6.66. The van der Waals surface area contributed by atoms with Gasteiger partial charge < -0.3 is 49.3 Å². The van der Waals surface area contributed by atoms with Crippen LogP contribution < -0.4 is 10.6 Å². The lowest BCUT2D eigenvalue weighted by molar-refractivity contribution is -0.147. The molecule has 6 rings (SSSR count). The maximum absolute atomic E-state index is 15.0. The van der Waals surface area contributed by atoms with Gasteiger partial charge in [-0.2, -0.15) is 0 Å². The summed E-state index contributed by atoms with van der Waals surface area (Å²) in [5.74, 6) is -2.86. The summed E-state index contributed by atoms with van der Waals surface area (Å²) in [6.07, 6.45) is -1.53. The molecule has 2 saturated heterocycles. The number of likely N-dealkylation sites (tertiary alicyclic amines) is 2. The molecule has 18 heteroatoms. The number of ether oxygens (including phenoxy) is 4. The number of benzene rings is 2. The zero-order chi connectivity index (χ0) is 48.4. The Bertz CT molecular complexity index is 2320. The van der Waals surface area contributed by atoms with Crippen molar-refractivity contribution in [3.63, 3.8) is 0 Å². The van der Waals surface area contributed by atoms with E-state index in [9.17, 15) is 37.5 Å². The molecular weight excluding hydrogens is 859 g/mol. The van der Waals surface area contributed by atoms with Crippen molar-refractivity contribution < 1.29 is 56.5 Å². The van der Waals surface area contributed by atoms with Crippen molar-refractivity contribution in [1.82, 2.24) is 30.4 Å². The molecule has 2 fully saturated rings. The van der Waals surface area contributed by atoms with Gasteiger partial charge in [0.15, 0.2) is 0 Å². The minimum absolute atomic E-state index is 0.0510. The zero-order valence-corrected chi connectivity index (χ0v) is 39.3. The van der Waals surface area contributed by atoms with Gasteiger partial charge >= 0.3 is 24.1 Å². The Hall–Kier alpha value is -6.20. The summed E-state index contributed by atoms with van der Waals surface area (Å²) >= 11 is 0. The predicted molar refractivity (Wildman–Crippen MR) is 241 cm³/mol. The summed E-state index contributed by atoms with van der Waals surface area (Å²) in [7, 11) is 0. The Morgan fingerprint density at radius 3 is 1.33 bits per heavy atom. The van der Waals surface area contributed by atoms with Crippen molar-refractivity contribution >= 4 is 57.7 Å². The Labute approximate surface area is 382 Å². The number of esters is 2. The number of nitrogens with one attached hydrogen (secondary N) is 4. The highest BCUT2D eigenvalue weighted by atomic mass is 19.1. The molecule has 0 aliphatic carbocycles. The summed E-state index contributed by atoms with van der Waals surface area (Å²) in [5.41, 5.74) is 1.61. The van der Waals surface area contributed by atoms with Crippen LogP contribution in [0, 0.1) is 11.6 Å². The number of rotatable bonds is 13. The van der Waals surface area contributed by atoms with Crippen LogP contribution in [-0.2, 0) is 51.0 Å². The number of nitrogens with zero attached hydrogens (tertiary/aromatic N) is 2. The van der Waals surface area contributed by atoms with E-state index in [1.807, 2.05) is 0 Å². The highest BCUT2D eigenvalue weighted by Gasteiger charge is 2.43. The fourth-order valence-corrected chi connectivity index (χ4v) is 9.07. The maximum Gasteiger partial charge on any atom is 0.408 e. The number of aromatic amines is 2. The molecule has 66 heavy (non-hydrogen) atoms. The third-order valence-electron chi connectivity index (χ3n) is 11.6. The zero-order valence-electron chi connectivity index (χ0n) is 39.3. The fourth-order valence-electron chi connectivity index (χ4n) is 9.07. The van der Waals surface area contributed by atoms with E-state index in [1.165, 1.54) is 38.1 Å². The monoisotopic (exact) mass is 920 g/mol. The summed E-state index contributed by atoms with van der Waals surface area (Å²) in [4.78, 5) is 89.1. The fraction of sp³-hybridized carbons (Fsp3) is 0.542. The van der Waals surface area contributed by atoms with Crippen molar-refractivity contribution in [1.29, 1.82) is 0 Å². The largest absolute Gasteiger partial charge is 0.461 e. The lowest BCUT2D eigenvalue weighted by Gasteiger charge is -2.30. The van der Waals surface area contributed by atoms with E-state index in [-0.39, 0.29) is 51.6 Å². The molecule has 2 aromatic heterocycles. The number of carbonyl (C=O) groups is 6. The number of H-pyrrole nitrogens is 2. The number of amides is 4. The van der Waals surface area contributed by atoms with Gasteiger partial charge in [-0.05, 0) is 115 Å². The van der Waals surface area contributed by atoms with Crippen molar-refractivity contribution in [2.75, 3.05) is 13.1 Å². The Kier molecular flexibility index (Phi) is 14.7. The number of hydrogen-bond donors (Lipinski definition) is 4. The summed E-state index contributed by atoms with van der Waals surface area (Å²) in [6.45, 7) is 16.5. The molecule has 0 spiro atoms. The third-order valence-corrected chi connectivity index (χ3v) is 11.6. The van der Waals surface area contributed by atoms with Crippen LogP contribution in [0.2, 0.25) is 0 Å². The van der Waals surface area contributed by atoms with Crippen LogP contribution in [0.5, 0.6) is 0 Å². The molecule has 6 atom stereocenters. The van der Waals surface area contributed by atoms with Gasteiger partial charge in [0.05, 0.1) is 24.5 Å². The van der Waals surface area contributed by atoms with Crippen molar-refractivity contribution in [2.24, 2.45) is 0 Å². The van der Waals surface area contributed by atoms with Gasteiger partial charge in [0.1, 0.15) is 47.1 Å². The second kappa shape index (κ2) is 19.7. The molecule has 6 unspecified atom stereocenters. The van der Waals surface area contributed by atoms with Crippen molar-refractivity contribution in [2.45, 2.75) is 155 Å². The highest BCUT2D eigenvalue weighted by Crippen LogP contribution is 2.40. The van der Waals surface area contributed by atoms with Crippen molar-refractivity contribution in [3.05, 3.63) is 59.2 Å². The lowest BCUT2D eigenvalue weighted by Crippen LogP contribution is -2.51. The number of carbonyl (C=O) groups excluding carboxylic acids is 6. The van der Waals surface area contributed by atoms with Gasteiger partial charge in [-0.15, -0.1) is 0 Å². The summed E-state index contributed by atoms with van der Waals surface area (Å²) in [6, 6.07) is 5.53. The van der Waals surface area contributed by atoms with Crippen LogP contribution in [0.15, 0.2) is 36.4 Å². The SMILES string of the molecule is CCC(NC(=O)OC(C)(C)C)C(=O)N1CC(OC(C)=O)CC1Cc1c(-c2[nH]c3cc(F)ccc3c2CC2CC(OC(C)=O)CN2C(=O)C(CC)NC(=O)OC(C)(C)C)[nH]c2cc(F)ccc12. The molecule has 4 N–H and O–H groups in total. The molecule has 4 amide bonds. The quantitative estimate of drug-likeness (QED) is 0.0776. The molecule has 0 bridgehead atoms. The first-order valence-corrected chi connectivity index (χ1v) is 22.5. The van der Waals surface area contributed by atoms with E-state index in [0.29, 0.717) is 44.3 Å². The van der Waals surface area contributed by atoms with Crippen LogP contribution in [0.4, 0.5) is 18.4 Å². The second-order valence-corrected chi connectivity index (χ2v) is 19.2.